The summed E-state index contributed by atoms with van der Waals surface area (Å²) in [4.78, 5) is 14.3. The second-order valence-corrected chi connectivity index (χ2v) is 4.89. The van der Waals surface area contributed by atoms with Crippen molar-refractivity contribution in [3.63, 3.8) is 0 Å². The SMILES string of the molecule is C=CCC1(CC=C)CCCCC1.O=[PH](O)O. The Morgan fingerprint density at radius 3 is 1.75 bits per heavy atom. The van der Waals surface area contributed by atoms with Crippen LogP contribution in [0.4, 0.5) is 0 Å². The van der Waals surface area contributed by atoms with Crippen LogP contribution in [0.1, 0.15) is 44.9 Å². The molecular formula is C12H23O3P. The third-order valence-corrected chi connectivity index (χ3v) is 3.07. The molecule has 0 aliphatic heterocycles. The van der Waals surface area contributed by atoms with E-state index in [0.29, 0.717) is 5.41 Å². The number of hydrogen-bond acceptors (Lipinski definition) is 1. The summed E-state index contributed by atoms with van der Waals surface area (Å²) in [6, 6.07) is 0. The van der Waals surface area contributed by atoms with E-state index in [2.05, 4.69) is 25.3 Å². The fourth-order valence-electron chi connectivity index (χ4n) is 2.41. The molecule has 0 amide bonds. The van der Waals surface area contributed by atoms with Gasteiger partial charge < -0.3 is 9.79 Å². The fourth-order valence-corrected chi connectivity index (χ4v) is 2.41. The third-order valence-electron chi connectivity index (χ3n) is 3.07. The first-order valence-electron chi connectivity index (χ1n) is 5.70. The van der Waals surface area contributed by atoms with Gasteiger partial charge in [-0.25, -0.2) is 0 Å². The Hall–Kier alpha value is -0.370. The van der Waals surface area contributed by atoms with E-state index < -0.39 is 8.25 Å². The predicted molar refractivity (Wildman–Crippen MR) is 68.6 cm³/mol. The van der Waals surface area contributed by atoms with Gasteiger partial charge in [0.25, 0.3) is 0 Å². The third kappa shape index (κ3) is 7.00. The van der Waals surface area contributed by atoms with Gasteiger partial charge in [0.2, 0.25) is 0 Å². The van der Waals surface area contributed by atoms with Gasteiger partial charge in [0, 0.05) is 0 Å². The quantitative estimate of drug-likeness (QED) is 0.590. The highest BCUT2D eigenvalue weighted by Crippen LogP contribution is 2.42. The van der Waals surface area contributed by atoms with Gasteiger partial charge in [-0.2, -0.15) is 0 Å². The Kier molecular flexibility index (Phi) is 8.54. The minimum atomic E-state index is -3.13. The van der Waals surface area contributed by atoms with E-state index >= 15 is 0 Å². The largest absolute Gasteiger partial charge is 0.326 e. The van der Waals surface area contributed by atoms with Gasteiger partial charge in [-0.3, -0.25) is 4.57 Å². The summed E-state index contributed by atoms with van der Waals surface area (Å²) in [5.41, 5.74) is 0.543. The Morgan fingerprint density at radius 2 is 1.44 bits per heavy atom. The van der Waals surface area contributed by atoms with Crippen molar-refractivity contribution in [3.8, 4) is 0 Å². The van der Waals surface area contributed by atoms with E-state index in [1.807, 2.05) is 0 Å². The smallest absolute Gasteiger partial charge is 0.314 e. The van der Waals surface area contributed by atoms with Crippen LogP contribution in [0.3, 0.4) is 0 Å². The molecule has 0 aromatic carbocycles. The molecule has 0 heterocycles. The average molecular weight is 246 g/mol. The summed E-state index contributed by atoms with van der Waals surface area (Å²) in [5, 5.41) is 0. The summed E-state index contributed by atoms with van der Waals surface area (Å²) < 4.78 is 8.74. The molecule has 94 valence electrons. The highest BCUT2D eigenvalue weighted by molar-refractivity contribution is 7.30. The Balaban J connectivity index is 0.000000487. The van der Waals surface area contributed by atoms with Crippen LogP contribution in [-0.4, -0.2) is 9.79 Å². The summed E-state index contributed by atoms with van der Waals surface area (Å²) in [5.74, 6) is 0. The lowest BCUT2D eigenvalue weighted by Gasteiger charge is -2.35. The Labute approximate surface area is 98.8 Å². The highest BCUT2D eigenvalue weighted by atomic mass is 31.1. The van der Waals surface area contributed by atoms with Crippen molar-refractivity contribution < 1.29 is 14.4 Å². The summed E-state index contributed by atoms with van der Waals surface area (Å²) in [6.07, 6.45) is 13.5. The zero-order valence-electron chi connectivity index (χ0n) is 9.82. The average Bonchev–Trinajstić information content (AvgIpc) is 2.19. The van der Waals surface area contributed by atoms with Crippen LogP contribution in [0.2, 0.25) is 0 Å². The van der Waals surface area contributed by atoms with E-state index in [-0.39, 0.29) is 0 Å². The first kappa shape index (κ1) is 15.6. The van der Waals surface area contributed by atoms with Gasteiger partial charge in [-0.1, -0.05) is 31.4 Å². The molecular weight excluding hydrogens is 223 g/mol. The van der Waals surface area contributed by atoms with Crippen LogP contribution < -0.4 is 0 Å². The molecule has 1 aliphatic rings. The molecule has 0 spiro atoms. The molecule has 1 saturated carbocycles. The van der Waals surface area contributed by atoms with Gasteiger partial charge in [0.05, 0.1) is 0 Å². The summed E-state index contributed by atoms with van der Waals surface area (Å²) in [7, 11) is -3.13. The molecule has 0 radical (unpaired) electrons. The van der Waals surface area contributed by atoms with Crippen molar-refractivity contribution in [1.82, 2.24) is 0 Å². The zero-order valence-corrected chi connectivity index (χ0v) is 10.8. The lowest BCUT2D eigenvalue weighted by Crippen LogP contribution is -2.22. The van der Waals surface area contributed by atoms with Crippen LogP contribution >= 0.6 is 8.25 Å². The molecule has 2 N–H and O–H groups in total. The number of rotatable bonds is 4. The number of allylic oxidation sites excluding steroid dienone is 2. The monoisotopic (exact) mass is 246 g/mol. The van der Waals surface area contributed by atoms with Crippen LogP contribution in [0.5, 0.6) is 0 Å². The minimum absolute atomic E-state index is 0.543. The van der Waals surface area contributed by atoms with Crippen LogP contribution in [0, 0.1) is 5.41 Å². The molecule has 0 saturated heterocycles. The second kappa shape index (κ2) is 8.74. The first-order chi connectivity index (χ1) is 7.56. The molecule has 1 fully saturated rings. The molecule has 0 atom stereocenters. The summed E-state index contributed by atoms with van der Waals surface area (Å²) in [6.45, 7) is 7.70. The normalized spacial score (nSPS) is 18.4. The molecule has 3 nitrogen and oxygen atoms in total. The van der Waals surface area contributed by atoms with Crippen molar-refractivity contribution in [1.29, 1.82) is 0 Å². The molecule has 0 unspecified atom stereocenters. The van der Waals surface area contributed by atoms with E-state index in [4.69, 9.17) is 14.4 Å². The maximum atomic E-state index is 8.74. The van der Waals surface area contributed by atoms with Gasteiger partial charge in [0.15, 0.2) is 0 Å². The maximum Gasteiger partial charge on any atom is 0.314 e. The predicted octanol–water partition coefficient (Wildman–Crippen LogP) is 3.45. The molecule has 0 aromatic heterocycles. The van der Waals surface area contributed by atoms with Crippen molar-refractivity contribution in [3.05, 3.63) is 25.3 Å². The number of hydrogen-bond donors (Lipinski definition) is 2. The van der Waals surface area contributed by atoms with Crippen LogP contribution in [0.15, 0.2) is 25.3 Å². The summed E-state index contributed by atoms with van der Waals surface area (Å²) >= 11 is 0. The van der Waals surface area contributed by atoms with E-state index in [9.17, 15) is 0 Å². The molecule has 4 heteroatoms. The van der Waals surface area contributed by atoms with Crippen LogP contribution in [-0.2, 0) is 4.57 Å². The molecule has 1 rings (SSSR count). The van der Waals surface area contributed by atoms with Crippen molar-refractivity contribution in [2.24, 2.45) is 5.41 Å². The maximum absolute atomic E-state index is 8.74. The van der Waals surface area contributed by atoms with Gasteiger partial charge in [-0.05, 0) is 31.1 Å². The second-order valence-electron chi connectivity index (χ2n) is 4.33. The van der Waals surface area contributed by atoms with Gasteiger partial charge in [0.1, 0.15) is 0 Å². The van der Waals surface area contributed by atoms with Crippen LogP contribution in [0.25, 0.3) is 0 Å². The highest BCUT2D eigenvalue weighted by Gasteiger charge is 2.28. The van der Waals surface area contributed by atoms with E-state index in [1.165, 1.54) is 44.9 Å². The molecule has 1 aliphatic carbocycles. The first-order valence-corrected chi connectivity index (χ1v) is 7.00. The Morgan fingerprint density at radius 1 is 1.06 bits per heavy atom. The van der Waals surface area contributed by atoms with Crippen molar-refractivity contribution >= 4 is 8.25 Å². The van der Waals surface area contributed by atoms with Gasteiger partial charge >= 0.3 is 8.25 Å². The lowest BCUT2D eigenvalue weighted by atomic mass is 9.70. The lowest BCUT2D eigenvalue weighted by molar-refractivity contribution is 0.195. The zero-order chi connectivity index (χ0) is 12.4. The van der Waals surface area contributed by atoms with Crippen molar-refractivity contribution in [2.45, 2.75) is 44.9 Å². The molecule has 0 bridgehead atoms. The standard InChI is InChI=1S/C12H20.H3O3P/c1-3-8-12(9-4-2)10-6-5-7-11-12;1-4(2)3/h3-4H,1-2,5-11H2;4H,(H2,1,2,3). The topological polar surface area (TPSA) is 57.5 Å². The molecule has 16 heavy (non-hydrogen) atoms. The Bertz CT molecular complexity index is 216. The van der Waals surface area contributed by atoms with Gasteiger partial charge in [-0.15, -0.1) is 13.2 Å². The van der Waals surface area contributed by atoms with E-state index in [0.717, 1.165) is 0 Å². The van der Waals surface area contributed by atoms with E-state index in [1.54, 1.807) is 0 Å². The van der Waals surface area contributed by atoms with Crippen molar-refractivity contribution in [2.75, 3.05) is 0 Å². The minimum Gasteiger partial charge on any atom is -0.326 e. The molecule has 0 aromatic rings. The fraction of sp³-hybridized carbons (Fsp3) is 0.667.